The fourth-order valence-electron chi connectivity index (χ4n) is 3.66. The number of nitrogens with one attached hydrogen (secondary N) is 1. The standard InChI is InChI=1S/C23H25ClN2O6S/c1-15-3-6-20(11-21(15)24)33(28,29)26(13-19-14-31-7-8-32-19)12-17-9-16-4-5-18(30-2)10-22(16)25-23(17)27/h3-6,9-11,19H,7-8,12-14H2,1-2H3,(H,25,27). The average Bonchev–Trinajstić information content (AvgIpc) is 2.81. The Balaban J connectivity index is 1.72. The summed E-state index contributed by atoms with van der Waals surface area (Å²) < 4.78 is 44.7. The lowest BCUT2D eigenvalue weighted by molar-refractivity contribution is -0.0923. The van der Waals surface area contributed by atoms with Crippen LogP contribution in [0.1, 0.15) is 11.1 Å². The second-order valence-electron chi connectivity index (χ2n) is 7.85. The number of pyridine rings is 1. The lowest BCUT2D eigenvalue weighted by atomic mass is 10.1. The number of aromatic nitrogens is 1. The number of H-pyrrole nitrogens is 1. The highest BCUT2D eigenvalue weighted by Gasteiger charge is 2.30. The first-order valence-corrected chi connectivity index (χ1v) is 12.3. The predicted octanol–water partition coefficient (Wildman–Crippen LogP) is 3.10. The van der Waals surface area contributed by atoms with E-state index in [1.807, 2.05) is 6.07 Å². The smallest absolute Gasteiger partial charge is 0.252 e. The van der Waals surface area contributed by atoms with E-state index in [2.05, 4.69) is 4.98 Å². The van der Waals surface area contributed by atoms with Crippen molar-refractivity contribution in [2.24, 2.45) is 0 Å². The molecule has 33 heavy (non-hydrogen) atoms. The quantitative estimate of drug-likeness (QED) is 0.544. The van der Waals surface area contributed by atoms with E-state index < -0.39 is 16.1 Å². The molecule has 1 aliphatic heterocycles. The van der Waals surface area contributed by atoms with Gasteiger partial charge in [0.25, 0.3) is 5.56 Å². The van der Waals surface area contributed by atoms with Gasteiger partial charge in [-0.25, -0.2) is 8.42 Å². The van der Waals surface area contributed by atoms with Gasteiger partial charge in [-0.2, -0.15) is 4.31 Å². The molecule has 1 aliphatic rings. The maximum atomic E-state index is 13.6. The molecule has 1 fully saturated rings. The van der Waals surface area contributed by atoms with Crippen molar-refractivity contribution in [3.63, 3.8) is 0 Å². The van der Waals surface area contributed by atoms with Gasteiger partial charge in [0.05, 0.1) is 43.4 Å². The highest BCUT2D eigenvalue weighted by molar-refractivity contribution is 7.89. The van der Waals surface area contributed by atoms with Crippen molar-refractivity contribution in [1.82, 2.24) is 9.29 Å². The van der Waals surface area contributed by atoms with Crippen molar-refractivity contribution < 1.29 is 22.6 Å². The van der Waals surface area contributed by atoms with Crippen LogP contribution in [0, 0.1) is 6.92 Å². The number of aromatic amines is 1. The van der Waals surface area contributed by atoms with Crippen LogP contribution in [-0.2, 0) is 26.0 Å². The van der Waals surface area contributed by atoms with Crippen molar-refractivity contribution in [3.05, 3.63) is 69.0 Å². The molecule has 1 unspecified atom stereocenters. The average molecular weight is 493 g/mol. The highest BCUT2D eigenvalue weighted by atomic mass is 35.5. The highest BCUT2D eigenvalue weighted by Crippen LogP contribution is 2.25. The largest absolute Gasteiger partial charge is 0.497 e. The molecule has 1 N–H and O–H groups in total. The van der Waals surface area contributed by atoms with Crippen LogP contribution in [0.5, 0.6) is 5.75 Å². The van der Waals surface area contributed by atoms with E-state index in [0.29, 0.717) is 35.1 Å². The SMILES string of the molecule is COc1ccc2cc(CN(CC3COCCO3)S(=O)(=O)c3ccc(C)c(Cl)c3)c(=O)[nH]c2c1. The summed E-state index contributed by atoms with van der Waals surface area (Å²) >= 11 is 6.20. The van der Waals surface area contributed by atoms with Crippen LogP contribution in [-0.4, -0.2) is 57.3 Å². The Morgan fingerprint density at radius 3 is 2.70 bits per heavy atom. The first-order chi connectivity index (χ1) is 15.8. The first-order valence-electron chi connectivity index (χ1n) is 10.4. The molecule has 1 atom stereocenters. The molecule has 8 nitrogen and oxygen atoms in total. The van der Waals surface area contributed by atoms with Crippen molar-refractivity contribution in [1.29, 1.82) is 0 Å². The number of fused-ring (bicyclic) bond motifs is 1. The number of hydrogen-bond acceptors (Lipinski definition) is 6. The monoisotopic (exact) mass is 492 g/mol. The zero-order chi connectivity index (χ0) is 23.6. The third-order valence-electron chi connectivity index (χ3n) is 5.55. The number of ether oxygens (including phenoxy) is 3. The van der Waals surface area contributed by atoms with Crippen molar-refractivity contribution >= 4 is 32.5 Å². The number of aryl methyl sites for hydroxylation is 1. The van der Waals surface area contributed by atoms with Crippen LogP contribution >= 0.6 is 11.6 Å². The van der Waals surface area contributed by atoms with E-state index in [0.717, 1.165) is 10.9 Å². The van der Waals surface area contributed by atoms with Gasteiger partial charge in [0.2, 0.25) is 10.0 Å². The van der Waals surface area contributed by atoms with Gasteiger partial charge in [-0.3, -0.25) is 4.79 Å². The normalized spacial score (nSPS) is 16.9. The summed E-state index contributed by atoms with van der Waals surface area (Å²) in [5, 5.41) is 1.11. The molecule has 0 bridgehead atoms. The van der Waals surface area contributed by atoms with Gasteiger partial charge >= 0.3 is 0 Å². The Labute approximate surface area is 197 Å². The van der Waals surface area contributed by atoms with E-state index in [1.165, 1.54) is 16.4 Å². The number of methoxy groups -OCH3 is 1. The fraction of sp³-hybridized carbons (Fsp3) is 0.348. The molecule has 10 heteroatoms. The fourth-order valence-corrected chi connectivity index (χ4v) is 5.38. The van der Waals surface area contributed by atoms with Crippen LogP contribution < -0.4 is 10.3 Å². The molecule has 0 saturated carbocycles. The van der Waals surface area contributed by atoms with E-state index in [4.69, 9.17) is 25.8 Å². The van der Waals surface area contributed by atoms with Gasteiger partial charge in [-0.1, -0.05) is 17.7 Å². The molecule has 1 saturated heterocycles. The molecule has 0 amide bonds. The molecular weight excluding hydrogens is 468 g/mol. The predicted molar refractivity (Wildman–Crippen MR) is 125 cm³/mol. The van der Waals surface area contributed by atoms with Gasteiger partial charge in [0.15, 0.2) is 0 Å². The zero-order valence-electron chi connectivity index (χ0n) is 18.3. The molecule has 4 rings (SSSR count). The third-order valence-corrected chi connectivity index (χ3v) is 7.76. The van der Waals surface area contributed by atoms with Crippen LogP contribution in [0.15, 0.2) is 52.2 Å². The maximum Gasteiger partial charge on any atom is 0.252 e. The van der Waals surface area contributed by atoms with Gasteiger partial charge in [-0.15, -0.1) is 0 Å². The van der Waals surface area contributed by atoms with E-state index in [1.54, 1.807) is 38.3 Å². The maximum absolute atomic E-state index is 13.6. The third kappa shape index (κ3) is 5.23. The van der Waals surface area contributed by atoms with Gasteiger partial charge < -0.3 is 19.2 Å². The number of hydrogen-bond donors (Lipinski definition) is 1. The minimum absolute atomic E-state index is 0.0356. The molecular formula is C23H25ClN2O6S. The van der Waals surface area contributed by atoms with Crippen LogP contribution in [0.2, 0.25) is 5.02 Å². The lowest BCUT2D eigenvalue weighted by Gasteiger charge is -2.29. The molecule has 0 spiro atoms. The Hall–Kier alpha value is -2.43. The van der Waals surface area contributed by atoms with Crippen molar-refractivity contribution in [2.75, 3.05) is 33.5 Å². The summed E-state index contributed by atoms with van der Waals surface area (Å²) in [4.78, 5) is 15.7. The first kappa shape index (κ1) is 23.7. The number of halogens is 1. The van der Waals surface area contributed by atoms with Crippen LogP contribution in [0.3, 0.4) is 0 Å². The molecule has 0 radical (unpaired) electrons. The van der Waals surface area contributed by atoms with E-state index in [-0.39, 0.29) is 30.2 Å². The topological polar surface area (TPSA) is 97.9 Å². The van der Waals surface area contributed by atoms with Crippen LogP contribution in [0.25, 0.3) is 10.9 Å². The number of rotatable bonds is 7. The van der Waals surface area contributed by atoms with Crippen LogP contribution in [0.4, 0.5) is 0 Å². The summed E-state index contributed by atoms with van der Waals surface area (Å²) in [6.45, 7) is 2.82. The number of nitrogens with zero attached hydrogens (tertiary/aromatic N) is 1. The second-order valence-corrected chi connectivity index (χ2v) is 10.2. The Morgan fingerprint density at radius 1 is 1.18 bits per heavy atom. The molecule has 176 valence electrons. The lowest BCUT2D eigenvalue weighted by Crippen LogP contribution is -2.43. The Bertz CT molecular complexity index is 1320. The number of benzene rings is 2. The molecule has 1 aromatic heterocycles. The van der Waals surface area contributed by atoms with E-state index >= 15 is 0 Å². The number of sulfonamides is 1. The minimum Gasteiger partial charge on any atom is -0.497 e. The van der Waals surface area contributed by atoms with Gasteiger partial charge in [-0.05, 0) is 48.2 Å². The van der Waals surface area contributed by atoms with E-state index in [9.17, 15) is 13.2 Å². The van der Waals surface area contributed by atoms with Gasteiger partial charge in [0.1, 0.15) is 5.75 Å². The summed E-state index contributed by atoms with van der Waals surface area (Å²) in [5.41, 5.74) is 1.31. The molecule has 3 aromatic rings. The Kier molecular flexibility index (Phi) is 7.06. The Morgan fingerprint density at radius 2 is 2.00 bits per heavy atom. The zero-order valence-corrected chi connectivity index (χ0v) is 19.9. The van der Waals surface area contributed by atoms with Crippen molar-refractivity contribution in [2.45, 2.75) is 24.5 Å². The molecule has 2 heterocycles. The van der Waals surface area contributed by atoms with Crippen molar-refractivity contribution in [3.8, 4) is 5.75 Å². The molecule has 2 aromatic carbocycles. The second kappa shape index (κ2) is 9.82. The summed E-state index contributed by atoms with van der Waals surface area (Å²) in [6, 6.07) is 11.6. The van der Waals surface area contributed by atoms with Gasteiger partial charge in [0, 0.05) is 29.7 Å². The summed E-state index contributed by atoms with van der Waals surface area (Å²) in [7, 11) is -2.43. The minimum atomic E-state index is -3.98. The summed E-state index contributed by atoms with van der Waals surface area (Å²) in [5.74, 6) is 0.612. The summed E-state index contributed by atoms with van der Waals surface area (Å²) in [6.07, 6.45) is -0.446. The molecule has 0 aliphatic carbocycles.